The minimum Gasteiger partial charge on any atom is -0.319 e. The molecule has 0 N–H and O–H groups in total. The fourth-order valence-corrected chi connectivity index (χ4v) is 2.98. The molecule has 0 fully saturated rings. The molecule has 0 unspecified atom stereocenters. The van der Waals surface area contributed by atoms with Gasteiger partial charge in [0.15, 0.2) is 0 Å². The van der Waals surface area contributed by atoms with Crippen LogP contribution in [0.2, 0.25) is 0 Å². The number of carbonyl (C=O) groups is 2. The minimum absolute atomic E-state index is 0. The van der Waals surface area contributed by atoms with Gasteiger partial charge in [-0.1, -0.05) is 97.1 Å². The van der Waals surface area contributed by atoms with Gasteiger partial charge in [-0.15, -0.1) is 71.8 Å². The first kappa shape index (κ1) is 29.1. The normalized spacial score (nSPS) is 10.8. The second kappa shape index (κ2) is 17.3. The summed E-state index contributed by atoms with van der Waals surface area (Å²) in [5.41, 5.74) is 3.96. The predicted molar refractivity (Wildman–Crippen MR) is 149 cm³/mol. The summed E-state index contributed by atoms with van der Waals surface area (Å²) in [5.74, 6) is -0.273. The Kier molecular flexibility index (Phi) is 13.6. The molecular weight excluding hydrogens is 547 g/mol. The van der Waals surface area contributed by atoms with Gasteiger partial charge in [-0.25, -0.2) is 0 Å². The van der Waals surface area contributed by atoms with Crippen LogP contribution in [0.3, 0.4) is 0 Å². The maximum atomic E-state index is 11.6. The third-order valence-corrected chi connectivity index (χ3v) is 4.81. The van der Waals surface area contributed by atoms with E-state index in [-0.39, 0.29) is 32.0 Å². The molecule has 0 atom stereocenters. The second-order valence-electron chi connectivity index (χ2n) is 7.62. The van der Waals surface area contributed by atoms with Gasteiger partial charge in [0.2, 0.25) is 0 Å². The zero-order valence-corrected chi connectivity index (χ0v) is 21.7. The zero-order valence-electron chi connectivity index (χ0n) is 20.1. The van der Waals surface area contributed by atoms with Crippen molar-refractivity contribution in [2.75, 3.05) is 0 Å². The van der Waals surface area contributed by atoms with E-state index < -0.39 is 0 Å². The Labute approximate surface area is 233 Å². The molecule has 0 amide bonds. The van der Waals surface area contributed by atoms with Crippen molar-refractivity contribution in [1.82, 2.24) is 0 Å². The van der Waals surface area contributed by atoms with Crippen LogP contribution in [0.15, 0.2) is 133 Å². The van der Waals surface area contributed by atoms with Gasteiger partial charge >= 0.3 is 20.4 Å². The molecule has 4 rings (SSSR count). The first-order chi connectivity index (χ1) is 17.7. The molecule has 3 heteroatoms. The monoisotopic (exact) mass is 572 g/mol. The van der Waals surface area contributed by atoms with Gasteiger partial charge in [0.05, 0.1) is 11.6 Å². The van der Waals surface area contributed by atoms with E-state index in [2.05, 4.69) is 12.2 Å². The first-order valence-electron chi connectivity index (χ1n) is 11.5. The van der Waals surface area contributed by atoms with E-state index in [0.717, 1.165) is 22.3 Å². The molecule has 4 aromatic rings. The quantitative estimate of drug-likeness (QED) is 0.124. The number of hydrogen-bond acceptors (Lipinski definition) is 2. The number of hydrogen-bond donors (Lipinski definition) is 0. The van der Waals surface area contributed by atoms with Gasteiger partial charge in [0.1, 0.15) is 0 Å². The Morgan fingerprint density at radius 1 is 0.432 bits per heavy atom. The molecule has 0 bridgehead atoms. The molecule has 0 spiro atoms. The fraction of sp³-hybridized carbons (Fsp3) is 0. The predicted octanol–water partition coefficient (Wildman–Crippen LogP) is 7.57. The summed E-state index contributed by atoms with van der Waals surface area (Å²) in [6.45, 7) is 0. The molecule has 4 aromatic carbocycles. The number of rotatable bonds is 8. The van der Waals surface area contributed by atoms with Gasteiger partial charge in [-0.3, -0.25) is 0 Å². The molecule has 0 aliphatic carbocycles. The van der Waals surface area contributed by atoms with E-state index in [1.165, 1.54) is 12.2 Å². The van der Waals surface area contributed by atoms with Crippen molar-refractivity contribution >= 4 is 35.9 Å². The maximum absolute atomic E-state index is 11.6. The average molecular weight is 573 g/mol. The van der Waals surface area contributed by atoms with Crippen molar-refractivity contribution in [3.05, 3.63) is 168 Å². The summed E-state index contributed by atoms with van der Waals surface area (Å²) >= 11 is 0. The Morgan fingerprint density at radius 3 is 1.00 bits per heavy atom. The third-order valence-electron chi connectivity index (χ3n) is 4.81. The maximum Gasteiger partial charge on any atom is 2.00 e. The molecular formula is C34H26O2Pd. The van der Waals surface area contributed by atoms with E-state index in [1.807, 2.05) is 121 Å². The van der Waals surface area contributed by atoms with Gasteiger partial charge in [0, 0.05) is 0 Å². The largest absolute Gasteiger partial charge is 2.00 e. The summed E-state index contributed by atoms with van der Waals surface area (Å²) in [4.78, 5) is 23.1. The van der Waals surface area contributed by atoms with Crippen LogP contribution in [-0.2, 0) is 30.0 Å². The fourth-order valence-electron chi connectivity index (χ4n) is 2.98. The standard InChI is InChI=1S/2C17H13O.Pd/c2*18-17(13-11-15-7-3-1-4-8-15)14-12-16-9-5-2-6-10-16;/h2*1-13H;/q2*-1;+2/b13-11+;13-11-;. The van der Waals surface area contributed by atoms with E-state index in [4.69, 9.17) is 0 Å². The van der Waals surface area contributed by atoms with Crippen LogP contribution >= 0.6 is 0 Å². The van der Waals surface area contributed by atoms with Crippen LogP contribution in [0.25, 0.3) is 24.3 Å². The molecule has 184 valence electrons. The molecule has 0 saturated heterocycles. The van der Waals surface area contributed by atoms with Crippen molar-refractivity contribution in [3.8, 4) is 0 Å². The van der Waals surface area contributed by atoms with E-state index >= 15 is 0 Å². The van der Waals surface area contributed by atoms with E-state index in [1.54, 1.807) is 24.3 Å². The SMILES string of the molecule is O=C([C-]=Cc1ccccc1)/C=C/c1ccccc1.O=C([C-]=Cc1ccccc1)/C=C\c1ccccc1.[Pd+2]. The van der Waals surface area contributed by atoms with Crippen molar-refractivity contribution < 1.29 is 30.0 Å². The minimum atomic E-state index is -0.136. The number of allylic oxidation sites excluding steroid dienone is 4. The van der Waals surface area contributed by atoms with Gasteiger partial charge < -0.3 is 9.59 Å². The molecule has 0 aromatic heterocycles. The molecule has 0 radical (unpaired) electrons. The molecule has 0 aliphatic rings. The van der Waals surface area contributed by atoms with Crippen LogP contribution in [0, 0.1) is 12.2 Å². The average Bonchev–Trinajstić information content (AvgIpc) is 2.95. The number of carbonyl (C=O) groups excluding carboxylic acids is 2. The van der Waals surface area contributed by atoms with Crippen molar-refractivity contribution in [3.63, 3.8) is 0 Å². The summed E-state index contributed by atoms with van der Waals surface area (Å²) in [5, 5.41) is 0. The van der Waals surface area contributed by atoms with Crippen molar-refractivity contribution in [2.45, 2.75) is 0 Å². The van der Waals surface area contributed by atoms with Crippen molar-refractivity contribution in [1.29, 1.82) is 0 Å². The van der Waals surface area contributed by atoms with Crippen molar-refractivity contribution in [2.24, 2.45) is 0 Å². The number of benzene rings is 4. The van der Waals surface area contributed by atoms with Crippen LogP contribution < -0.4 is 0 Å². The Morgan fingerprint density at radius 2 is 0.703 bits per heavy atom. The molecule has 2 nitrogen and oxygen atoms in total. The first-order valence-corrected chi connectivity index (χ1v) is 11.5. The van der Waals surface area contributed by atoms with E-state index in [0.29, 0.717) is 0 Å². The van der Waals surface area contributed by atoms with Crippen LogP contribution in [0.4, 0.5) is 0 Å². The topological polar surface area (TPSA) is 34.1 Å². The van der Waals surface area contributed by atoms with Gasteiger partial charge in [0.25, 0.3) is 0 Å². The third kappa shape index (κ3) is 12.4. The summed E-state index contributed by atoms with van der Waals surface area (Å²) in [6, 6.07) is 38.8. The second-order valence-corrected chi connectivity index (χ2v) is 7.62. The molecule has 0 heterocycles. The molecule has 0 saturated carbocycles. The smallest absolute Gasteiger partial charge is 0.319 e. The number of ketones is 2. The van der Waals surface area contributed by atoms with E-state index in [9.17, 15) is 9.59 Å². The Balaban J connectivity index is 0.000000253. The Hall–Kier alpha value is -4.16. The van der Waals surface area contributed by atoms with Crippen LogP contribution in [0.5, 0.6) is 0 Å². The van der Waals surface area contributed by atoms with Gasteiger partial charge in [-0.05, 0) is 11.1 Å². The van der Waals surface area contributed by atoms with Crippen LogP contribution in [0.1, 0.15) is 22.3 Å². The molecule has 37 heavy (non-hydrogen) atoms. The summed E-state index contributed by atoms with van der Waals surface area (Å²) < 4.78 is 0. The zero-order chi connectivity index (χ0) is 25.3. The Bertz CT molecular complexity index is 1110. The summed E-state index contributed by atoms with van der Waals surface area (Å²) in [7, 11) is 0. The summed E-state index contributed by atoms with van der Waals surface area (Å²) in [6.07, 6.45) is 15.4. The molecule has 0 aliphatic heterocycles. The van der Waals surface area contributed by atoms with Crippen LogP contribution in [-0.4, -0.2) is 11.6 Å². The van der Waals surface area contributed by atoms with Gasteiger partial charge in [-0.2, -0.15) is 12.2 Å².